The van der Waals surface area contributed by atoms with Crippen molar-refractivity contribution in [2.24, 2.45) is 0 Å². The molecule has 0 atom stereocenters. The summed E-state index contributed by atoms with van der Waals surface area (Å²) in [5.74, 6) is 0. The van der Waals surface area contributed by atoms with Crippen LogP contribution in [-0.2, 0) is 19.0 Å². The molecule has 5 nitrogen and oxygen atoms in total. The second kappa shape index (κ2) is 5.87. The highest BCUT2D eigenvalue weighted by atomic mass is 16.8. The van der Waals surface area contributed by atoms with Crippen LogP contribution in [0.5, 0.6) is 0 Å². The largest absolute Gasteiger partial charge is 0.511 e. The lowest BCUT2D eigenvalue weighted by Gasteiger charge is -2.00. The Bertz CT molecular complexity index is 111. The van der Waals surface area contributed by atoms with Gasteiger partial charge in [0.1, 0.15) is 0 Å². The summed E-state index contributed by atoms with van der Waals surface area (Å²) in [6.45, 7) is 2.49. The monoisotopic (exact) mass is 147 g/mol. The fourth-order valence-electron chi connectivity index (χ4n) is 0.261. The molecule has 10 heavy (non-hydrogen) atoms. The SMILES string of the molecule is CCOC(=O)OCO[C]=O. The highest BCUT2D eigenvalue weighted by Gasteiger charge is 1.99. The van der Waals surface area contributed by atoms with Gasteiger partial charge < -0.3 is 14.2 Å². The van der Waals surface area contributed by atoms with Crippen LogP contribution in [0.2, 0.25) is 0 Å². The van der Waals surface area contributed by atoms with Crippen LogP contribution in [0.15, 0.2) is 0 Å². The van der Waals surface area contributed by atoms with Gasteiger partial charge in [-0.25, -0.2) is 9.59 Å². The van der Waals surface area contributed by atoms with Crippen LogP contribution in [0, 0.1) is 0 Å². The van der Waals surface area contributed by atoms with Gasteiger partial charge in [0, 0.05) is 0 Å². The minimum atomic E-state index is -0.863. The zero-order chi connectivity index (χ0) is 7.82. The Balaban J connectivity index is 3.13. The van der Waals surface area contributed by atoms with Gasteiger partial charge in [0.2, 0.25) is 6.79 Å². The van der Waals surface area contributed by atoms with E-state index in [0.29, 0.717) is 0 Å². The minimum Gasteiger partial charge on any atom is -0.435 e. The number of hydrogen-bond donors (Lipinski definition) is 0. The van der Waals surface area contributed by atoms with Gasteiger partial charge in [-0.1, -0.05) is 0 Å². The molecule has 0 rings (SSSR count). The van der Waals surface area contributed by atoms with E-state index in [4.69, 9.17) is 0 Å². The standard InChI is InChI=1S/C5H7O5/c1-2-9-5(7)10-4-8-3-6/h2,4H2,1H3. The number of rotatable bonds is 4. The fourth-order valence-corrected chi connectivity index (χ4v) is 0.261. The second-order valence-electron chi connectivity index (χ2n) is 1.17. The predicted molar refractivity (Wildman–Crippen MR) is 29.8 cm³/mol. The smallest absolute Gasteiger partial charge is 0.435 e. The summed E-state index contributed by atoms with van der Waals surface area (Å²) in [6.07, 6.45) is -0.863. The molecule has 0 bridgehead atoms. The maximum atomic E-state index is 10.3. The van der Waals surface area contributed by atoms with E-state index >= 15 is 0 Å². The van der Waals surface area contributed by atoms with Crippen LogP contribution < -0.4 is 0 Å². The number of hydrogen-bond acceptors (Lipinski definition) is 5. The number of carbonyl (C=O) groups is 1. The van der Waals surface area contributed by atoms with Crippen LogP contribution >= 0.6 is 0 Å². The average molecular weight is 147 g/mol. The number of carbonyl (C=O) groups excluding carboxylic acids is 2. The third kappa shape index (κ3) is 4.89. The van der Waals surface area contributed by atoms with Gasteiger partial charge in [-0.15, -0.1) is 0 Å². The molecule has 1 radical (unpaired) electrons. The average Bonchev–Trinajstić information content (AvgIpc) is 1.89. The van der Waals surface area contributed by atoms with Crippen molar-refractivity contribution in [3.05, 3.63) is 0 Å². The maximum absolute atomic E-state index is 10.3. The van der Waals surface area contributed by atoms with Crippen molar-refractivity contribution in [3.63, 3.8) is 0 Å². The molecule has 0 aliphatic heterocycles. The normalized spacial score (nSPS) is 8.10. The van der Waals surface area contributed by atoms with Crippen molar-refractivity contribution in [2.45, 2.75) is 6.92 Å². The first-order valence-electron chi connectivity index (χ1n) is 2.59. The quantitative estimate of drug-likeness (QED) is 0.323. The van der Waals surface area contributed by atoms with Gasteiger partial charge in [0.15, 0.2) is 0 Å². The molecule has 0 saturated heterocycles. The lowest BCUT2D eigenvalue weighted by molar-refractivity contribution is 0.00116. The van der Waals surface area contributed by atoms with Crippen molar-refractivity contribution in [3.8, 4) is 0 Å². The first-order valence-corrected chi connectivity index (χ1v) is 2.59. The minimum absolute atomic E-state index is 0.226. The molecule has 0 heterocycles. The Morgan fingerprint density at radius 1 is 1.50 bits per heavy atom. The van der Waals surface area contributed by atoms with E-state index < -0.39 is 12.9 Å². The molecule has 0 aromatic carbocycles. The van der Waals surface area contributed by atoms with Crippen LogP contribution in [-0.4, -0.2) is 26.0 Å². The van der Waals surface area contributed by atoms with E-state index in [1.165, 1.54) is 0 Å². The van der Waals surface area contributed by atoms with E-state index in [2.05, 4.69) is 14.2 Å². The highest BCUT2D eigenvalue weighted by molar-refractivity contribution is 5.59. The highest BCUT2D eigenvalue weighted by Crippen LogP contribution is 1.83. The second-order valence-corrected chi connectivity index (χ2v) is 1.17. The summed E-state index contributed by atoms with van der Waals surface area (Å²) < 4.78 is 12.4. The van der Waals surface area contributed by atoms with Gasteiger partial charge in [-0.2, -0.15) is 0 Å². The summed E-state index contributed by atoms with van der Waals surface area (Å²) in [7, 11) is 0. The summed E-state index contributed by atoms with van der Waals surface area (Å²) in [5, 5.41) is 0. The van der Waals surface area contributed by atoms with Crippen LogP contribution in [0.4, 0.5) is 4.79 Å². The van der Waals surface area contributed by atoms with Gasteiger partial charge in [0.25, 0.3) is 0 Å². The lowest BCUT2D eigenvalue weighted by Crippen LogP contribution is -2.09. The first-order chi connectivity index (χ1) is 4.81. The molecular formula is C5H7O5. The van der Waals surface area contributed by atoms with E-state index in [1.54, 1.807) is 6.92 Å². The Kier molecular flexibility index (Phi) is 5.13. The van der Waals surface area contributed by atoms with E-state index in [-0.39, 0.29) is 6.61 Å². The summed E-state index contributed by atoms with van der Waals surface area (Å²) in [6, 6.07) is 0. The van der Waals surface area contributed by atoms with Gasteiger partial charge >= 0.3 is 12.6 Å². The molecule has 0 amide bonds. The zero-order valence-corrected chi connectivity index (χ0v) is 5.46. The fraction of sp³-hybridized carbons (Fsp3) is 0.600. The van der Waals surface area contributed by atoms with Gasteiger partial charge in [0.05, 0.1) is 6.61 Å². The molecule has 5 heteroatoms. The molecule has 0 N–H and O–H groups in total. The third-order valence-electron chi connectivity index (χ3n) is 0.557. The molecule has 0 aromatic rings. The summed E-state index contributed by atoms with van der Waals surface area (Å²) in [4.78, 5) is 19.6. The molecule has 57 valence electrons. The summed E-state index contributed by atoms with van der Waals surface area (Å²) in [5.41, 5.74) is 0. The van der Waals surface area contributed by atoms with E-state index in [1.807, 2.05) is 0 Å². The van der Waals surface area contributed by atoms with E-state index in [0.717, 1.165) is 6.47 Å². The first kappa shape index (κ1) is 8.74. The molecule has 0 spiro atoms. The topological polar surface area (TPSA) is 61.8 Å². The van der Waals surface area contributed by atoms with Crippen LogP contribution in [0.3, 0.4) is 0 Å². The number of ether oxygens (including phenoxy) is 3. The molecular weight excluding hydrogens is 140 g/mol. The Hall–Kier alpha value is -1.26. The molecule has 0 unspecified atom stereocenters. The predicted octanol–water partition coefficient (Wildman–Crippen LogP) is 0.201. The summed E-state index contributed by atoms with van der Waals surface area (Å²) >= 11 is 0. The van der Waals surface area contributed by atoms with E-state index in [9.17, 15) is 9.59 Å². The zero-order valence-electron chi connectivity index (χ0n) is 5.46. The third-order valence-corrected chi connectivity index (χ3v) is 0.557. The van der Waals surface area contributed by atoms with Crippen molar-refractivity contribution in [1.82, 2.24) is 0 Å². The molecule has 0 aliphatic rings. The molecule has 0 aromatic heterocycles. The molecule has 0 fully saturated rings. The molecule has 0 aliphatic carbocycles. The Morgan fingerprint density at radius 2 is 2.20 bits per heavy atom. The van der Waals surface area contributed by atoms with Crippen molar-refractivity contribution < 1.29 is 23.8 Å². The van der Waals surface area contributed by atoms with Crippen molar-refractivity contribution in [2.75, 3.05) is 13.4 Å². The van der Waals surface area contributed by atoms with Gasteiger partial charge in [-0.05, 0) is 6.92 Å². The van der Waals surface area contributed by atoms with Crippen molar-refractivity contribution >= 4 is 12.6 Å². The van der Waals surface area contributed by atoms with Crippen LogP contribution in [0.25, 0.3) is 0 Å². The lowest BCUT2D eigenvalue weighted by atomic mass is 10.9. The van der Waals surface area contributed by atoms with Crippen molar-refractivity contribution in [1.29, 1.82) is 0 Å². The Morgan fingerprint density at radius 3 is 2.70 bits per heavy atom. The Labute approximate surface area is 57.9 Å². The van der Waals surface area contributed by atoms with Crippen LogP contribution in [0.1, 0.15) is 6.92 Å². The molecule has 0 saturated carbocycles. The van der Waals surface area contributed by atoms with Gasteiger partial charge in [-0.3, -0.25) is 0 Å². The maximum Gasteiger partial charge on any atom is 0.511 e.